The lowest BCUT2D eigenvalue weighted by Crippen LogP contribution is -2.49. The van der Waals surface area contributed by atoms with E-state index in [9.17, 15) is 14.0 Å². The Morgan fingerprint density at radius 1 is 1.43 bits per heavy atom. The largest absolute Gasteiger partial charge is 0.374 e. The maximum absolute atomic E-state index is 13.5. The van der Waals surface area contributed by atoms with Crippen LogP contribution in [-0.4, -0.2) is 74.1 Å². The van der Waals surface area contributed by atoms with Gasteiger partial charge < -0.3 is 15.8 Å². The van der Waals surface area contributed by atoms with Crippen LogP contribution < -0.4 is 11.1 Å². The monoisotopic (exact) mass is 394 g/mol. The minimum absolute atomic E-state index is 0.0352. The van der Waals surface area contributed by atoms with Crippen LogP contribution in [0.4, 0.5) is 4.39 Å². The molecule has 0 spiro atoms. The van der Waals surface area contributed by atoms with Gasteiger partial charge in [-0.15, -0.1) is 0 Å². The Kier molecular flexibility index (Phi) is 8.35. The zero-order chi connectivity index (χ0) is 20.7. The van der Waals surface area contributed by atoms with Crippen LogP contribution in [0.2, 0.25) is 0 Å². The summed E-state index contributed by atoms with van der Waals surface area (Å²) in [4.78, 5) is 28.0. The van der Waals surface area contributed by atoms with Crippen molar-refractivity contribution in [1.82, 2.24) is 15.1 Å². The molecule has 2 unspecified atom stereocenters. The van der Waals surface area contributed by atoms with Gasteiger partial charge in [0.15, 0.2) is 0 Å². The Balaban J connectivity index is 1.86. The molecule has 1 heterocycles. The Morgan fingerprint density at radius 2 is 2.18 bits per heavy atom. The number of hydrogen-bond acceptors (Lipinski definition) is 5. The number of ether oxygens (including phenoxy) is 1. The van der Waals surface area contributed by atoms with Crippen LogP contribution in [0.5, 0.6) is 0 Å². The second-order valence-electron chi connectivity index (χ2n) is 7.73. The van der Waals surface area contributed by atoms with Gasteiger partial charge in [0.2, 0.25) is 11.8 Å². The van der Waals surface area contributed by atoms with Gasteiger partial charge in [0, 0.05) is 26.2 Å². The predicted molar refractivity (Wildman–Crippen MR) is 105 cm³/mol. The minimum Gasteiger partial charge on any atom is -0.374 e. The molecular formula is C20H31FN4O3. The van der Waals surface area contributed by atoms with E-state index < -0.39 is 17.8 Å². The van der Waals surface area contributed by atoms with Crippen LogP contribution in [0.3, 0.4) is 0 Å². The maximum Gasteiger partial charge on any atom is 0.239 e. The van der Waals surface area contributed by atoms with Gasteiger partial charge in [0.05, 0.1) is 19.3 Å². The van der Waals surface area contributed by atoms with Crippen LogP contribution in [0.1, 0.15) is 25.5 Å². The van der Waals surface area contributed by atoms with Crippen molar-refractivity contribution in [1.29, 1.82) is 0 Å². The molecule has 2 amide bonds. The molecule has 1 aromatic rings. The molecule has 0 aliphatic carbocycles. The first kappa shape index (κ1) is 22.3. The molecule has 0 saturated carbocycles. The molecule has 1 fully saturated rings. The van der Waals surface area contributed by atoms with Gasteiger partial charge in [-0.25, -0.2) is 4.39 Å². The fourth-order valence-electron chi connectivity index (χ4n) is 3.50. The highest BCUT2D eigenvalue weighted by Gasteiger charge is 2.26. The molecule has 1 aliphatic heterocycles. The number of benzene rings is 1. The molecule has 3 N–H and O–H groups in total. The van der Waals surface area contributed by atoms with E-state index in [4.69, 9.17) is 10.5 Å². The van der Waals surface area contributed by atoms with E-state index in [1.165, 1.54) is 23.1 Å². The summed E-state index contributed by atoms with van der Waals surface area (Å²) in [5.41, 5.74) is 5.90. The SMILES string of the molecule is CC(C)CN1CCOC(CNC(=O)CN(C)C(C(N)=O)c2cccc(F)c2)C1. The van der Waals surface area contributed by atoms with Crippen molar-refractivity contribution in [3.8, 4) is 0 Å². The summed E-state index contributed by atoms with van der Waals surface area (Å²) in [6.07, 6.45) is -0.0584. The number of nitrogens with two attached hydrogens (primary N) is 1. The number of amides is 2. The third kappa shape index (κ3) is 6.85. The van der Waals surface area contributed by atoms with Gasteiger partial charge in [0.25, 0.3) is 0 Å². The van der Waals surface area contributed by atoms with Gasteiger partial charge in [-0.1, -0.05) is 26.0 Å². The van der Waals surface area contributed by atoms with Crippen molar-refractivity contribution >= 4 is 11.8 Å². The summed E-state index contributed by atoms with van der Waals surface area (Å²) in [6.45, 7) is 8.06. The molecule has 7 nitrogen and oxygen atoms in total. The van der Waals surface area contributed by atoms with Crippen LogP contribution in [0.15, 0.2) is 24.3 Å². The first-order chi connectivity index (χ1) is 13.3. The summed E-state index contributed by atoms with van der Waals surface area (Å²) in [5, 5.41) is 2.86. The van der Waals surface area contributed by atoms with E-state index in [1.807, 2.05) is 0 Å². The summed E-state index contributed by atoms with van der Waals surface area (Å²) >= 11 is 0. The number of morpholine rings is 1. The van der Waals surface area contributed by atoms with Crippen LogP contribution in [-0.2, 0) is 14.3 Å². The number of primary amides is 1. The Morgan fingerprint density at radius 3 is 2.82 bits per heavy atom. The van der Waals surface area contributed by atoms with Crippen molar-refractivity contribution in [2.45, 2.75) is 26.0 Å². The lowest BCUT2D eigenvalue weighted by Gasteiger charge is -2.34. The van der Waals surface area contributed by atoms with Crippen LogP contribution >= 0.6 is 0 Å². The van der Waals surface area contributed by atoms with Gasteiger partial charge in [-0.3, -0.25) is 19.4 Å². The topological polar surface area (TPSA) is 87.9 Å². The highest BCUT2D eigenvalue weighted by atomic mass is 19.1. The number of nitrogens with zero attached hydrogens (tertiary/aromatic N) is 2. The Hall–Kier alpha value is -2.03. The fourth-order valence-corrected chi connectivity index (χ4v) is 3.50. The van der Waals surface area contributed by atoms with Crippen LogP contribution in [0.25, 0.3) is 0 Å². The molecule has 1 saturated heterocycles. The lowest BCUT2D eigenvalue weighted by atomic mass is 10.0. The van der Waals surface area contributed by atoms with Gasteiger partial charge in [-0.2, -0.15) is 0 Å². The van der Waals surface area contributed by atoms with Crippen molar-refractivity contribution in [3.63, 3.8) is 0 Å². The second kappa shape index (κ2) is 10.5. The van der Waals surface area contributed by atoms with Crippen molar-refractivity contribution < 1.29 is 18.7 Å². The van der Waals surface area contributed by atoms with Gasteiger partial charge in [0.1, 0.15) is 11.9 Å². The third-order valence-electron chi connectivity index (χ3n) is 4.64. The fraction of sp³-hybridized carbons (Fsp3) is 0.600. The van der Waals surface area contributed by atoms with E-state index in [1.54, 1.807) is 13.1 Å². The Bertz CT molecular complexity index is 671. The number of halogens is 1. The zero-order valence-electron chi connectivity index (χ0n) is 16.9. The standard InChI is InChI=1S/C20H31FN4O3/c1-14(2)11-25-7-8-28-17(12-25)10-23-18(26)13-24(3)19(20(22)27)15-5-4-6-16(21)9-15/h4-6,9,14,17,19H,7-8,10-13H2,1-3H3,(H2,22,27)(H,23,26). The average Bonchev–Trinajstić information content (AvgIpc) is 2.59. The number of carbonyl (C=O) groups is 2. The number of likely N-dealkylation sites (N-methyl/N-ethyl adjacent to an activating group) is 1. The molecule has 0 bridgehead atoms. The molecule has 2 atom stereocenters. The number of nitrogens with one attached hydrogen (secondary N) is 1. The highest BCUT2D eigenvalue weighted by molar-refractivity contribution is 5.83. The molecule has 1 aliphatic rings. The summed E-state index contributed by atoms with van der Waals surface area (Å²) in [5.74, 6) is -0.756. The van der Waals surface area contributed by atoms with E-state index in [-0.39, 0.29) is 18.6 Å². The van der Waals surface area contributed by atoms with E-state index in [0.717, 1.165) is 19.6 Å². The maximum atomic E-state index is 13.5. The Labute approximate surface area is 166 Å². The van der Waals surface area contributed by atoms with Crippen molar-refractivity contribution in [2.75, 3.05) is 46.4 Å². The quantitative estimate of drug-likeness (QED) is 0.646. The van der Waals surface area contributed by atoms with E-state index in [0.29, 0.717) is 24.6 Å². The van der Waals surface area contributed by atoms with Crippen LogP contribution in [0, 0.1) is 11.7 Å². The highest BCUT2D eigenvalue weighted by Crippen LogP contribution is 2.19. The molecule has 0 radical (unpaired) electrons. The minimum atomic E-state index is -0.881. The zero-order valence-corrected chi connectivity index (χ0v) is 16.9. The molecule has 2 rings (SSSR count). The summed E-state index contributed by atoms with van der Waals surface area (Å²) in [6, 6.07) is 4.79. The number of rotatable bonds is 9. The predicted octanol–water partition coefficient (Wildman–Crippen LogP) is 0.757. The molecule has 28 heavy (non-hydrogen) atoms. The average molecular weight is 394 g/mol. The normalized spacial score (nSPS) is 19.0. The van der Waals surface area contributed by atoms with Crippen molar-refractivity contribution in [3.05, 3.63) is 35.6 Å². The number of hydrogen-bond donors (Lipinski definition) is 2. The molecule has 156 valence electrons. The molecule has 1 aromatic carbocycles. The smallest absolute Gasteiger partial charge is 0.239 e. The third-order valence-corrected chi connectivity index (χ3v) is 4.64. The van der Waals surface area contributed by atoms with Gasteiger partial charge in [-0.05, 0) is 30.7 Å². The molecule has 0 aromatic heterocycles. The number of carbonyl (C=O) groups excluding carboxylic acids is 2. The van der Waals surface area contributed by atoms with Gasteiger partial charge >= 0.3 is 0 Å². The van der Waals surface area contributed by atoms with E-state index >= 15 is 0 Å². The van der Waals surface area contributed by atoms with E-state index in [2.05, 4.69) is 24.1 Å². The van der Waals surface area contributed by atoms with Crippen molar-refractivity contribution in [2.24, 2.45) is 11.7 Å². The first-order valence-corrected chi connectivity index (χ1v) is 9.62. The molecular weight excluding hydrogens is 363 g/mol. The second-order valence-corrected chi connectivity index (χ2v) is 7.73. The summed E-state index contributed by atoms with van der Waals surface area (Å²) < 4.78 is 19.2. The first-order valence-electron chi connectivity index (χ1n) is 9.62. The lowest BCUT2D eigenvalue weighted by molar-refractivity contribution is -0.127. The molecule has 8 heteroatoms. The summed E-state index contributed by atoms with van der Waals surface area (Å²) in [7, 11) is 1.61.